The maximum atomic E-state index is 13.3. The molecule has 2 amide bonds. The maximum absolute atomic E-state index is 13.3. The number of hydrogen-bond donors (Lipinski definition) is 3. The Morgan fingerprint density at radius 3 is 2.87 bits per heavy atom. The molecule has 11 nitrogen and oxygen atoms in total. The van der Waals surface area contributed by atoms with Crippen LogP contribution in [0, 0.1) is 5.92 Å². The monoisotopic (exact) mass is 542 g/mol. The van der Waals surface area contributed by atoms with Crippen molar-refractivity contribution in [2.75, 3.05) is 50.9 Å². The molecule has 38 heavy (non-hydrogen) atoms. The molecule has 210 valence electrons. The van der Waals surface area contributed by atoms with Crippen LogP contribution < -0.4 is 25.8 Å². The minimum atomic E-state index is -4.67. The van der Waals surface area contributed by atoms with Gasteiger partial charge in [0.2, 0.25) is 11.8 Å². The number of hydrazine groups is 1. The third-order valence-corrected chi connectivity index (χ3v) is 6.95. The van der Waals surface area contributed by atoms with Crippen LogP contribution in [0.1, 0.15) is 37.0 Å². The van der Waals surface area contributed by atoms with E-state index in [2.05, 4.69) is 20.6 Å². The maximum Gasteiger partial charge on any atom is 0.402 e. The molecule has 2 fully saturated rings. The molecule has 4 atom stereocenters. The fourth-order valence-corrected chi connectivity index (χ4v) is 5.01. The first-order valence-electron chi connectivity index (χ1n) is 12.7. The van der Waals surface area contributed by atoms with Crippen molar-refractivity contribution >= 4 is 23.4 Å². The van der Waals surface area contributed by atoms with Crippen LogP contribution in [0.25, 0.3) is 0 Å². The summed E-state index contributed by atoms with van der Waals surface area (Å²) in [6.45, 7) is 5.31. The average Bonchev–Trinajstić information content (AvgIpc) is 3.04. The molecule has 4 rings (SSSR count). The van der Waals surface area contributed by atoms with Gasteiger partial charge >= 0.3 is 6.18 Å². The van der Waals surface area contributed by atoms with Crippen LogP contribution in [0.15, 0.2) is 12.3 Å². The Morgan fingerprint density at radius 2 is 2.13 bits per heavy atom. The number of carbonyl (C=O) groups is 3. The summed E-state index contributed by atoms with van der Waals surface area (Å²) in [4.78, 5) is 44.6. The van der Waals surface area contributed by atoms with Gasteiger partial charge in [-0.2, -0.15) is 13.2 Å². The first kappa shape index (κ1) is 28.0. The number of pyridine rings is 1. The van der Waals surface area contributed by atoms with E-state index >= 15 is 0 Å². The summed E-state index contributed by atoms with van der Waals surface area (Å²) in [5.41, 5.74) is 4.97. The Bertz CT molecular complexity index is 1040. The van der Waals surface area contributed by atoms with Gasteiger partial charge in [0.15, 0.2) is 23.3 Å². The van der Waals surface area contributed by atoms with Crippen molar-refractivity contribution in [3.8, 4) is 5.75 Å². The number of aromatic nitrogens is 1. The predicted octanol–water partition coefficient (Wildman–Crippen LogP) is 0.650. The van der Waals surface area contributed by atoms with Crippen LogP contribution in [0.5, 0.6) is 5.75 Å². The number of ether oxygens (including phenoxy) is 2. The Balaban J connectivity index is 1.22. The van der Waals surface area contributed by atoms with Crippen LogP contribution in [0.3, 0.4) is 0 Å². The van der Waals surface area contributed by atoms with Gasteiger partial charge in [0, 0.05) is 56.4 Å². The van der Waals surface area contributed by atoms with E-state index in [1.54, 1.807) is 24.1 Å². The highest BCUT2D eigenvalue weighted by atomic mass is 19.4. The molecular weight excluding hydrogens is 509 g/mol. The number of ketones is 1. The van der Waals surface area contributed by atoms with Crippen LogP contribution >= 0.6 is 0 Å². The van der Waals surface area contributed by atoms with Gasteiger partial charge in [0.1, 0.15) is 0 Å². The summed E-state index contributed by atoms with van der Waals surface area (Å²) < 4.78 is 51.3. The van der Waals surface area contributed by atoms with Gasteiger partial charge in [0.05, 0.1) is 32.3 Å². The van der Waals surface area contributed by atoms with Crippen LogP contribution in [-0.4, -0.2) is 97.8 Å². The lowest BCUT2D eigenvalue weighted by Gasteiger charge is -2.41. The van der Waals surface area contributed by atoms with Crippen molar-refractivity contribution in [2.45, 2.75) is 51.0 Å². The Morgan fingerprint density at radius 1 is 1.34 bits per heavy atom. The second-order valence-corrected chi connectivity index (χ2v) is 9.81. The van der Waals surface area contributed by atoms with Crippen LogP contribution in [0.4, 0.5) is 19.0 Å². The highest BCUT2D eigenvalue weighted by Crippen LogP contribution is 2.34. The Labute approximate surface area is 218 Å². The lowest BCUT2D eigenvalue weighted by atomic mass is 9.96. The number of nitrogens with zero attached hydrogens (tertiary/aromatic N) is 3. The molecule has 0 saturated carbocycles. The zero-order chi connectivity index (χ0) is 27.4. The number of halogens is 3. The van der Waals surface area contributed by atoms with Crippen molar-refractivity contribution in [3.63, 3.8) is 0 Å². The van der Waals surface area contributed by atoms with Gasteiger partial charge in [0.25, 0.3) is 0 Å². The van der Waals surface area contributed by atoms with Crippen molar-refractivity contribution in [2.24, 2.45) is 5.92 Å². The number of amides is 2. The lowest BCUT2D eigenvalue weighted by Crippen LogP contribution is -2.64. The van der Waals surface area contributed by atoms with E-state index in [4.69, 9.17) is 9.47 Å². The molecule has 2 unspecified atom stereocenters. The van der Waals surface area contributed by atoms with Crippen molar-refractivity contribution < 1.29 is 37.0 Å². The number of piperazine rings is 1. The standard InChI is InChI=1S/C24H33F3N6O5/c1-14(30-18-11-29-31-23(36)21(18)24(25,26)27)13-37-7-4-20(35)32-5-6-33-17(12-32)3-8-38-19-9-16(15(2)34)10-28-22(19)33/h9-10,14,17-18,21,29-30H,3-8,11-13H2,1-2H3,(H,31,36)/t14-,17+,18?,21?/m0/s1. The summed E-state index contributed by atoms with van der Waals surface area (Å²) in [5, 5.41) is 2.81. The minimum Gasteiger partial charge on any atom is -0.490 e. The fraction of sp³-hybridized carbons (Fsp3) is 0.667. The van der Waals surface area contributed by atoms with E-state index in [0.717, 1.165) is 0 Å². The summed E-state index contributed by atoms with van der Waals surface area (Å²) in [7, 11) is 0. The second kappa shape index (κ2) is 11.8. The molecule has 3 aliphatic rings. The van der Waals surface area contributed by atoms with E-state index in [0.29, 0.717) is 49.8 Å². The number of anilines is 1. The Hall–Kier alpha value is -2.97. The average molecular weight is 543 g/mol. The first-order chi connectivity index (χ1) is 18.0. The van der Waals surface area contributed by atoms with Gasteiger partial charge in [-0.15, -0.1) is 0 Å². The lowest BCUT2D eigenvalue weighted by molar-refractivity contribution is -0.193. The topological polar surface area (TPSA) is 125 Å². The van der Waals surface area contributed by atoms with E-state index < -0.39 is 30.1 Å². The van der Waals surface area contributed by atoms with Crippen LogP contribution in [-0.2, 0) is 14.3 Å². The SMILES string of the molecule is CC(=O)c1cnc2c(c1)OCC[C@@H]1CN(C(=O)CCOC[C@H](C)NC3CNNC(=O)C3C(F)(F)F)CCN21. The molecule has 0 spiro atoms. The molecule has 0 aromatic carbocycles. The van der Waals surface area contributed by atoms with Gasteiger partial charge in [-0.25, -0.2) is 10.4 Å². The summed E-state index contributed by atoms with van der Waals surface area (Å²) in [5.74, 6) is -2.19. The number of fused-ring (bicyclic) bond motifs is 3. The molecule has 1 aromatic rings. The van der Waals surface area contributed by atoms with E-state index in [9.17, 15) is 27.6 Å². The van der Waals surface area contributed by atoms with Gasteiger partial charge in [-0.05, 0) is 19.9 Å². The normalized spacial score (nSPS) is 24.4. The highest BCUT2D eigenvalue weighted by Gasteiger charge is 2.51. The Kier molecular flexibility index (Phi) is 8.73. The zero-order valence-electron chi connectivity index (χ0n) is 21.3. The molecule has 3 N–H and O–H groups in total. The smallest absolute Gasteiger partial charge is 0.402 e. The summed E-state index contributed by atoms with van der Waals surface area (Å²) in [6, 6.07) is 0.147. The predicted molar refractivity (Wildman–Crippen MR) is 130 cm³/mol. The largest absolute Gasteiger partial charge is 0.490 e. The van der Waals surface area contributed by atoms with Crippen LogP contribution in [0.2, 0.25) is 0 Å². The quantitative estimate of drug-likeness (QED) is 0.321. The van der Waals surface area contributed by atoms with Gasteiger partial charge in [-0.1, -0.05) is 0 Å². The molecule has 14 heteroatoms. The number of hydrogen-bond acceptors (Lipinski definition) is 9. The van der Waals surface area contributed by atoms with E-state index in [1.807, 2.05) is 5.43 Å². The highest BCUT2D eigenvalue weighted by molar-refractivity contribution is 5.94. The molecule has 0 bridgehead atoms. The second-order valence-electron chi connectivity index (χ2n) is 9.81. The molecule has 4 heterocycles. The summed E-state index contributed by atoms with van der Waals surface area (Å²) in [6.07, 6.45) is -2.28. The van der Waals surface area contributed by atoms with Crippen molar-refractivity contribution in [1.82, 2.24) is 26.1 Å². The number of alkyl halides is 3. The number of nitrogens with one attached hydrogen (secondary N) is 3. The fourth-order valence-electron chi connectivity index (χ4n) is 5.01. The van der Waals surface area contributed by atoms with Crippen molar-refractivity contribution in [3.05, 3.63) is 17.8 Å². The molecule has 2 saturated heterocycles. The van der Waals surface area contributed by atoms with Crippen molar-refractivity contribution in [1.29, 1.82) is 0 Å². The molecule has 0 radical (unpaired) electrons. The third kappa shape index (κ3) is 6.53. The molecule has 0 aliphatic carbocycles. The number of carbonyl (C=O) groups excluding carboxylic acids is 3. The summed E-state index contributed by atoms with van der Waals surface area (Å²) >= 11 is 0. The molecule has 1 aromatic heterocycles. The van der Waals surface area contributed by atoms with E-state index in [-0.39, 0.29) is 43.9 Å². The first-order valence-corrected chi connectivity index (χ1v) is 12.7. The number of rotatable bonds is 8. The third-order valence-electron chi connectivity index (χ3n) is 6.95. The zero-order valence-corrected chi connectivity index (χ0v) is 21.3. The number of Topliss-reactive ketones (excluding diaryl/α,β-unsaturated/α-hetero) is 1. The minimum absolute atomic E-state index is 0.0256. The molecule has 3 aliphatic heterocycles. The molecular formula is C24H33F3N6O5. The van der Waals surface area contributed by atoms with Gasteiger partial charge in [-0.3, -0.25) is 19.8 Å². The van der Waals surface area contributed by atoms with Gasteiger partial charge < -0.3 is 24.6 Å². The van der Waals surface area contributed by atoms with E-state index in [1.165, 1.54) is 6.92 Å².